The maximum Gasteiger partial charge on any atom is 0.248 e. The summed E-state index contributed by atoms with van der Waals surface area (Å²) in [5, 5.41) is 4.79. The zero-order valence-electron chi connectivity index (χ0n) is 14.6. The third-order valence-corrected chi connectivity index (χ3v) is 5.20. The zero-order valence-corrected chi connectivity index (χ0v) is 16.9. The minimum absolute atomic E-state index is 0.255. The van der Waals surface area contributed by atoms with Crippen LogP contribution in [0.1, 0.15) is 5.56 Å². The molecule has 28 heavy (non-hydrogen) atoms. The van der Waals surface area contributed by atoms with E-state index in [4.69, 9.17) is 22.1 Å². The molecule has 140 valence electrons. The van der Waals surface area contributed by atoms with E-state index in [1.807, 2.05) is 48.5 Å². The fraction of sp³-hybridized carbons (Fsp3) is 0.0500. The van der Waals surface area contributed by atoms with Crippen molar-refractivity contribution in [3.8, 4) is 11.6 Å². The largest absolute Gasteiger partial charge is 0.435 e. The Morgan fingerprint density at radius 2 is 1.89 bits per heavy atom. The number of fused-ring (bicyclic) bond motifs is 1. The van der Waals surface area contributed by atoms with Crippen molar-refractivity contribution in [2.45, 2.75) is 6.54 Å². The van der Waals surface area contributed by atoms with E-state index in [0.29, 0.717) is 34.3 Å². The number of benzene rings is 2. The molecule has 0 saturated heterocycles. The number of ether oxygens (including phenoxy) is 1. The number of nitrogens with zero attached hydrogens (tertiary/aromatic N) is 3. The van der Waals surface area contributed by atoms with E-state index >= 15 is 0 Å². The van der Waals surface area contributed by atoms with Crippen LogP contribution in [0.3, 0.4) is 0 Å². The van der Waals surface area contributed by atoms with Gasteiger partial charge in [0, 0.05) is 27.6 Å². The summed E-state index contributed by atoms with van der Waals surface area (Å²) in [6.45, 7) is 0.475. The highest BCUT2D eigenvalue weighted by Crippen LogP contribution is 2.35. The predicted octanol–water partition coefficient (Wildman–Crippen LogP) is 5.43. The number of nitrogens with one attached hydrogen (secondary N) is 1. The van der Waals surface area contributed by atoms with Crippen LogP contribution in [0.15, 0.2) is 65.5 Å². The van der Waals surface area contributed by atoms with E-state index in [0.717, 1.165) is 15.4 Å². The Balaban J connectivity index is 1.61. The summed E-state index contributed by atoms with van der Waals surface area (Å²) < 4.78 is 6.90. The van der Waals surface area contributed by atoms with E-state index in [1.54, 1.807) is 6.20 Å². The Hall–Kier alpha value is -2.90. The monoisotopic (exact) mass is 455 g/mol. The van der Waals surface area contributed by atoms with Gasteiger partial charge >= 0.3 is 0 Å². The minimum Gasteiger partial charge on any atom is -0.435 e. The average molecular weight is 457 g/mol. The molecule has 0 radical (unpaired) electrons. The molecule has 4 rings (SSSR count). The lowest BCUT2D eigenvalue weighted by Crippen LogP contribution is -2.07. The van der Waals surface area contributed by atoms with Crippen molar-refractivity contribution in [2.75, 3.05) is 11.1 Å². The van der Waals surface area contributed by atoms with Crippen LogP contribution in [0, 0.1) is 0 Å². The van der Waals surface area contributed by atoms with Crippen LogP contribution in [0.4, 0.5) is 11.5 Å². The molecule has 0 fully saturated rings. The molecule has 0 amide bonds. The summed E-state index contributed by atoms with van der Waals surface area (Å²) in [5.74, 6) is 1.28. The molecule has 2 aromatic heterocycles. The van der Waals surface area contributed by atoms with Gasteiger partial charge in [0.1, 0.15) is 17.5 Å². The Bertz CT molecular complexity index is 1150. The van der Waals surface area contributed by atoms with Crippen LogP contribution in [0.2, 0.25) is 5.02 Å². The molecule has 0 spiro atoms. The number of halogens is 2. The molecule has 3 N–H and O–H groups in total. The van der Waals surface area contributed by atoms with Gasteiger partial charge in [-0.1, -0.05) is 51.8 Å². The van der Waals surface area contributed by atoms with Crippen molar-refractivity contribution in [2.24, 2.45) is 0 Å². The molecule has 0 aliphatic carbocycles. The van der Waals surface area contributed by atoms with Gasteiger partial charge in [-0.3, -0.25) is 4.98 Å². The van der Waals surface area contributed by atoms with E-state index in [9.17, 15) is 0 Å². The standard InChI is InChI=1S/C20H15BrClN5O/c21-14-7-8-16(18-13(14)5-3-9-24-18)28-20-17(23)19(26-11-27-20)25-10-12-4-1-2-6-15(12)22/h1-9,11H,10,23H2,(H,25,26,27). The summed E-state index contributed by atoms with van der Waals surface area (Å²) >= 11 is 9.72. The minimum atomic E-state index is 0.255. The normalized spacial score (nSPS) is 10.8. The SMILES string of the molecule is Nc1c(NCc2ccccc2Cl)ncnc1Oc1ccc(Br)c2cccnc12. The number of nitrogens with two attached hydrogens (primary N) is 1. The highest BCUT2D eigenvalue weighted by atomic mass is 79.9. The van der Waals surface area contributed by atoms with Gasteiger partial charge in [0.05, 0.1) is 0 Å². The van der Waals surface area contributed by atoms with E-state index in [-0.39, 0.29) is 5.88 Å². The van der Waals surface area contributed by atoms with Crippen molar-refractivity contribution >= 4 is 49.9 Å². The molecule has 6 nitrogen and oxygen atoms in total. The molecule has 0 bridgehead atoms. The van der Waals surface area contributed by atoms with Crippen molar-refractivity contribution in [1.29, 1.82) is 0 Å². The number of hydrogen-bond acceptors (Lipinski definition) is 6. The first kappa shape index (κ1) is 18.5. The Morgan fingerprint density at radius 3 is 2.75 bits per heavy atom. The molecule has 0 unspecified atom stereocenters. The summed E-state index contributed by atoms with van der Waals surface area (Å²) in [6.07, 6.45) is 3.11. The first-order valence-electron chi connectivity index (χ1n) is 8.42. The van der Waals surface area contributed by atoms with E-state index in [2.05, 4.69) is 36.2 Å². The number of rotatable bonds is 5. The molecule has 8 heteroatoms. The van der Waals surface area contributed by atoms with Crippen molar-refractivity contribution in [1.82, 2.24) is 15.0 Å². The van der Waals surface area contributed by atoms with Gasteiger partial charge < -0.3 is 15.8 Å². The number of hydrogen-bond donors (Lipinski definition) is 2. The average Bonchev–Trinajstić information content (AvgIpc) is 2.72. The smallest absolute Gasteiger partial charge is 0.248 e. The number of nitrogen functional groups attached to an aromatic ring is 1. The molecular formula is C20H15BrClN5O. The van der Waals surface area contributed by atoms with Crippen LogP contribution in [0.5, 0.6) is 11.6 Å². The summed E-state index contributed by atoms with van der Waals surface area (Å²) in [6, 6.07) is 15.1. The van der Waals surface area contributed by atoms with Crippen LogP contribution < -0.4 is 15.8 Å². The molecule has 2 heterocycles. The van der Waals surface area contributed by atoms with Crippen molar-refractivity contribution in [3.63, 3.8) is 0 Å². The fourth-order valence-corrected chi connectivity index (χ4v) is 3.38. The van der Waals surface area contributed by atoms with Gasteiger partial charge in [-0.25, -0.2) is 4.98 Å². The molecule has 4 aromatic rings. The first-order valence-corrected chi connectivity index (χ1v) is 9.59. The van der Waals surface area contributed by atoms with Gasteiger partial charge in [0.25, 0.3) is 0 Å². The Kier molecular flexibility index (Phi) is 5.27. The van der Waals surface area contributed by atoms with Gasteiger partial charge in [-0.15, -0.1) is 0 Å². The lowest BCUT2D eigenvalue weighted by atomic mass is 10.2. The molecule has 0 saturated carbocycles. The summed E-state index contributed by atoms with van der Waals surface area (Å²) in [7, 11) is 0. The third-order valence-electron chi connectivity index (χ3n) is 4.14. The number of aromatic nitrogens is 3. The molecular weight excluding hydrogens is 442 g/mol. The van der Waals surface area contributed by atoms with Gasteiger partial charge in [0.2, 0.25) is 5.88 Å². The summed E-state index contributed by atoms with van der Waals surface area (Å²) in [4.78, 5) is 12.8. The lowest BCUT2D eigenvalue weighted by molar-refractivity contribution is 0.468. The number of pyridine rings is 1. The van der Waals surface area contributed by atoms with Crippen molar-refractivity contribution in [3.05, 3.63) is 76.1 Å². The zero-order chi connectivity index (χ0) is 19.5. The molecule has 0 aliphatic rings. The fourth-order valence-electron chi connectivity index (χ4n) is 2.72. The lowest BCUT2D eigenvalue weighted by Gasteiger charge is -2.13. The maximum atomic E-state index is 6.23. The molecule has 0 aliphatic heterocycles. The van der Waals surface area contributed by atoms with Crippen LogP contribution in [0.25, 0.3) is 10.9 Å². The topological polar surface area (TPSA) is 86.0 Å². The molecule has 2 aromatic carbocycles. The second-order valence-electron chi connectivity index (χ2n) is 5.93. The maximum absolute atomic E-state index is 6.23. The summed E-state index contributed by atoms with van der Waals surface area (Å²) in [5.41, 5.74) is 8.19. The van der Waals surface area contributed by atoms with Crippen molar-refractivity contribution < 1.29 is 4.74 Å². The van der Waals surface area contributed by atoms with Gasteiger partial charge in [-0.05, 0) is 29.8 Å². The first-order chi connectivity index (χ1) is 13.6. The highest BCUT2D eigenvalue weighted by Gasteiger charge is 2.14. The Labute approximate surface area is 174 Å². The number of anilines is 2. The van der Waals surface area contributed by atoms with Crippen LogP contribution in [-0.2, 0) is 6.54 Å². The van der Waals surface area contributed by atoms with E-state index < -0.39 is 0 Å². The van der Waals surface area contributed by atoms with Gasteiger partial charge in [-0.2, -0.15) is 4.98 Å². The van der Waals surface area contributed by atoms with E-state index in [1.165, 1.54) is 6.33 Å². The molecule has 0 atom stereocenters. The predicted molar refractivity (Wildman–Crippen MR) is 115 cm³/mol. The van der Waals surface area contributed by atoms with Crippen LogP contribution >= 0.6 is 27.5 Å². The van der Waals surface area contributed by atoms with Crippen LogP contribution in [-0.4, -0.2) is 15.0 Å². The second-order valence-corrected chi connectivity index (χ2v) is 7.19. The third kappa shape index (κ3) is 3.72. The second kappa shape index (κ2) is 8.00. The Morgan fingerprint density at radius 1 is 1.04 bits per heavy atom. The quantitative estimate of drug-likeness (QED) is 0.416. The van der Waals surface area contributed by atoms with Gasteiger partial charge in [0.15, 0.2) is 11.6 Å². The highest BCUT2D eigenvalue weighted by molar-refractivity contribution is 9.10.